The Morgan fingerprint density at radius 3 is 2.43 bits per heavy atom. The number of furan rings is 1. The van der Waals surface area contributed by atoms with Crippen molar-refractivity contribution in [2.24, 2.45) is 5.92 Å². The maximum absolute atomic E-state index is 11.9. The Hall–Kier alpha value is -1.82. The van der Waals surface area contributed by atoms with Gasteiger partial charge in [-0.15, -0.1) is 0 Å². The quantitative estimate of drug-likeness (QED) is 0.734. The first-order valence-electron chi connectivity index (χ1n) is 6.98. The minimum Gasteiger partial charge on any atom is -0.466 e. The molecule has 0 aliphatic carbocycles. The summed E-state index contributed by atoms with van der Waals surface area (Å²) in [4.78, 5) is 23.6. The molecule has 0 saturated carbocycles. The fraction of sp³-hybridized carbons (Fsp3) is 0.600. The van der Waals surface area contributed by atoms with Gasteiger partial charge in [0.05, 0.1) is 17.7 Å². The molecule has 6 nitrogen and oxygen atoms in total. The highest BCUT2D eigenvalue weighted by molar-refractivity contribution is 5.97. The van der Waals surface area contributed by atoms with Gasteiger partial charge in [-0.25, -0.2) is 0 Å². The van der Waals surface area contributed by atoms with E-state index >= 15 is 0 Å². The van der Waals surface area contributed by atoms with Crippen molar-refractivity contribution in [1.82, 2.24) is 10.6 Å². The Morgan fingerprint density at radius 1 is 1.33 bits per heavy atom. The predicted octanol–water partition coefficient (Wildman–Crippen LogP) is 1.15. The summed E-state index contributed by atoms with van der Waals surface area (Å²) in [5, 5.41) is 15.2. The van der Waals surface area contributed by atoms with E-state index in [4.69, 9.17) is 4.42 Å². The highest BCUT2D eigenvalue weighted by Gasteiger charge is 2.25. The molecule has 0 aliphatic heterocycles. The average Bonchev–Trinajstić information content (AvgIpc) is 2.72. The molecule has 21 heavy (non-hydrogen) atoms. The number of hydrogen-bond donors (Lipinski definition) is 3. The fourth-order valence-corrected chi connectivity index (χ4v) is 1.66. The van der Waals surface area contributed by atoms with E-state index in [-0.39, 0.29) is 30.8 Å². The van der Waals surface area contributed by atoms with Crippen molar-refractivity contribution in [2.75, 3.05) is 13.1 Å². The third-order valence-electron chi connectivity index (χ3n) is 3.58. The fourth-order valence-electron chi connectivity index (χ4n) is 1.66. The second kappa shape index (κ2) is 6.76. The van der Waals surface area contributed by atoms with Crippen LogP contribution in [0.4, 0.5) is 0 Å². The van der Waals surface area contributed by atoms with Gasteiger partial charge in [-0.1, -0.05) is 13.8 Å². The molecule has 118 valence electrons. The highest BCUT2D eigenvalue weighted by Crippen LogP contribution is 2.14. The van der Waals surface area contributed by atoms with E-state index in [1.165, 1.54) is 0 Å². The molecule has 2 amide bonds. The number of rotatable bonds is 6. The van der Waals surface area contributed by atoms with Crippen LogP contribution in [0.2, 0.25) is 0 Å². The van der Waals surface area contributed by atoms with E-state index in [0.717, 1.165) is 0 Å². The molecular weight excluding hydrogens is 272 g/mol. The number of aliphatic hydroxyl groups is 1. The van der Waals surface area contributed by atoms with Crippen molar-refractivity contribution in [3.8, 4) is 0 Å². The number of aryl methyl sites for hydroxylation is 2. The SMILES string of the molecule is Cc1cc(C(=O)NCC(=O)NCC(C)(O)C(C)C)c(C)o1. The molecule has 1 aromatic heterocycles. The standard InChI is InChI=1S/C15H24N2O4/c1-9(2)15(5,20)8-17-13(18)7-16-14(19)12-6-10(3)21-11(12)4/h6,9,20H,7-8H2,1-5H3,(H,16,19)(H,17,18). The zero-order valence-corrected chi connectivity index (χ0v) is 13.2. The molecule has 0 aliphatic rings. The topological polar surface area (TPSA) is 91.6 Å². The largest absolute Gasteiger partial charge is 0.466 e. The third kappa shape index (κ3) is 4.90. The summed E-state index contributed by atoms with van der Waals surface area (Å²) in [6.07, 6.45) is 0. The van der Waals surface area contributed by atoms with Gasteiger partial charge < -0.3 is 20.2 Å². The maximum Gasteiger partial charge on any atom is 0.255 e. The van der Waals surface area contributed by atoms with Crippen LogP contribution in [-0.4, -0.2) is 35.6 Å². The number of nitrogens with one attached hydrogen (secondary N) is 2. The Balaban J connectivity index is 2.43. The minimum atomic E-state index is -0.974. The molecular formula is C15H24N2O4. The molecule has 6 heteroatoms. The lowest BCUT2D eigenvalue weighted by Crippen LogP contribution is -2.47. The molecule has 0 bridgehead atoms. The van der Waals surface area contributed by atoms with E-state index in [0.29, 0.717) is 17.1 Å². The summed E-state index contributed by atoms with van der Waals surface area (Å²) in [6.45, 7) is 8.86. The summed E-state index contributed by atoms with van der Waals surface area (Å²) in [5.74, 6) is 0.490. The molecule has 0 saturated heterocycles. The van der Waals surface area contributed by atoms with Gasteiger partial charge in [-0.3, -0.25) is 9.59 Å². The molecule has 3 N–H and O–H groups in total. The number of amides is 2. The lowest BCUT2D eigenvalue weighted by Gasteiger charge is -2.27. The van der Waals surface area contributed by atoms with Crippen molar-refractivity contribution >= 4 is 11.8 Å². The highest BCUT2D eigenvalue weighted by atomic mass is 16.3. The molecule has 1 heterocycles. The first-order chi connectivity index (χ1) is 9.63. The van der Waals surface area contributed by atoms with Crippen LogP contribution in [-0.2, 0) is 4.79 Å². The molecule has 0 radical (unpaired) electrons. The summed E-state index contributed by atoms with van der Waals surface area (Å²) in [7, 11) is 0. The Bertz CT molecular complexity index is 518. The summed E-state index contributed by atoms with van der Waals surface area (Å²) >= 11 is 0. The smallest absolute Gasteiger partial charge is 0.255 e. The van der Waals surface area contributed by atoms with Crippen LogP contribution >= 0.6 is 0 Å². The molecule has 0 fully saturated rings. The zero-order valence-electron chi connectivity index (χ0n) is 13.2. The van der Waals surface area contributed by atoms with Gasteiger partial charge >= 0.3 is 0 Å². The van der Waals surface area contributed by atoms with E-state index in [9.17, 15) is 14.7 Å². The van der Waals surface area contributed by atoms with Crippen LogP contribution in [0.3, 0.4) is 0 Å². The predicted molar refractivity (Wildman–Crippen MR) is 79.0 cm³/mol. The van der Waals surface area contributed by atoms with Gasteiger partial charge in [0.1, 0.15) is 11.5 Å². The Morgan fingerprint density at radius 2 is 1.95 bits per heavy atom. The van der Waals surface area contributed by atoms with Gasteiger partial charge in [-0.05, 0) is 32.8 Å². The Labute approximate surface area is 124 Å². The monoisotopic (exact) mass is 296 g/mol. The van der Waals surface area contributed by atoms with E-state index in [2.05, 4.69) is 10.6 Å². The minimum absolute atomic E-state index is 0.0175. The van der Waals surface area contributed by atoms with Gasteiger partial charge in [-0.2, -0.15) is 0 Å². The number of carbonyl (C=O) groups is 2. The molecule has 1 rings (SSSR count). The van der Waals surface area contributed by atoms with Gasteiger partial charge in [0.15, 0.2) is 0 Å². The van der Waals surface area contributed by atoms with Crippen molar-refractivity contribution in [3.05, 3.63) is 23.2 Å². The van der Waals surface area contributed by atoms with Crippen molar-refractivity contribution in [3.63, 3.8) is 0 Å². The lowest BCUT2D eigenvalue weighted by molar-refractivity contribution is -0.121. The second-order valence-electron chi connectivity index (χ2n) is 5.80. The number of hydrogen-bond acceptors (Lipinski definition) is 4. The van der Waals surface area contributed by atoms with Gasteiger partial charge in [0.25, 0.3) is 5.91 Å². The average molecular weight is 296 g/mol. The van der Waals surface area contributed by atoms with Crippen LogP contribution in [0.15, 0.2) is 10.5 Å². The summed E-state index contributed by atoms with van der Waals surface area (Å²) < 4.78 is 5.27. The summed E-state index contributed by atoms with van der Waals surface area (Å²) in [6, 6.07) is 1.63. The molecule has 1 unspecified atom stereocenters. The van der Waals surface area contributed by atoms with Crippen LogP contribution < -0.4 is 10.6 Å². The third-order valence-corrected chi connectivity index (χ3v) is 3.58. The van der Waals surface area contributed by atoms with Crippen LogP contribution in [0.1, 0.15) is 42.6 Å². The maximum atomic E-state index is 11.9. The van der Waals surface area contributed by atoms with E-state index in [1.54, 1.807) is 26.8 Å². The normalized spacial score (nSPS) is 13.9. The lowest BCUT2D eigenvalue weighted by atomic mass is 9.92. The van der Waals surface area contributed by atoms with Crippen LogP contribution in [0, 0.1) is 19.8 Å². The second-order valence-corrected chi connectivity index (χ2v) is 5.80. The molecule has 0 aromatic carbocycles. The Kier molecular flexibility index (Phi) is 5.54. The summed E-state index contributed by atoms with van der Waals surface area (Å²) in [5.41, 5.74) is -0.549. The van der Waals surface area contributed by atoms with Crippen molar-refractivity contribution < 1.29 is 19.1 Å². The van der Waals surface area contributed by atoms with Gasteiger partial charge in [0, 0.05) is 6.54 Å². The first kappa shape index (κ1) is 17.2. The van der Waals surface area contributed by atoms with E-state index in [1.807, 2.05) is 13.8 Å². The van der Waals surface area contributed by atoms with Crippen molar-refractivity contribution in [2.45, 2.75) is 40.2 Å². The van der Waals surface area contributed by atoms with E-state index < -0.39 is 5.60 Å². The zero-order chi connectivity index (χ0) is 16.2. The van der Waals surface area contributed by atoms with Gasteiger partial charge in [0.2, 0.25) is 5.91 Å². The molecule has 1 aromatic rings. The van der Waals surface area contributed by atoms with Crippen molar-refractivity contribution in [1.29, 1.82) is 0 Å². The molecule has 1 atom stereocenters. The van der Waals surface area contributed by atoms with Crippen LogP contribution in [0.25, 0.3) is 0 Å². The molecule has 0 spiro atoms. The van der Waals surface area contributed by atoms with Crippen LogP contribution in [0.5, 0.6) is 0 Å². The first-order valence-corrected chi connectivity index (χ1v) is 6.98. The number of carbonyl (C=O) groups excluding carboxylic acids is 2.